The zero-order valence-electron chi connectivity index (χ0n) is 8.56. The molecule has 1 atom stereocenters. The molecule has 2 rings (SSSR count). The molecule has 1 fully saturated rings. The molecule has 1 aromatic rings. The van der Waals surface area contributed by atoms with Crippen LogP contribution in [-0.2, 0) is 4.79 Å². The van der Waals surface area contributed by atoms with Crippen LogP contribution in [0, 0.1) is 0 Å². The minimum absolute atomic E-state index is 0.201. The number of methoxy groups -OCH3 is 1. The molecular formula is C10H13N3O2. The van der Waals surface area contributed by atoms with Crippen LogP contribution in [0.25, 0.3) is 0 Å². The maximum atomic E-state index is 11.7. The lowest BCUT2D eigenvalue weighted by Gasteiger charge is -2.21. The summed E-state index contributed by atoms with van der Waals surface area (Å²) in [7, 11) is 1.54. The van der Waals surface area contributed by atoms with E-state index in [1.807, 2.05) is 0 Å². The zero-order valence-corrected chi connectivity index (χ0v) is 8.56. The second kappa shape index (κ2) is 4.35. The number of hydrogen-bond donors (Lipinski definition) is 1. The van der Waals surface area contributed by atoms with Gasteiger partial charge in [-0.05, 0) is 0 Å². The normalized spacial score (nSPS) is 21.4. The van der Waals surface area contributed by atoms with E-state index >= 15 is 0 Å². The van der Waals surface area contributed by atoms with Crippen molar-refractivity contribution in [1.29, 1.82) is 0 Å². The SMILES string of the molecule is COc1nccnc1C1CNCCC1=O. The summed E-state index contributed by atoms with van der Waals surface area (Å²) in [5.74, 6) is 0.425. The molecule has 0 bridgehead atoms. The Morgan fingerprint density at radius 1 is 1.47 bits per heavy atom. The average molecular weight is 207 g/mol. The standard InChI is InChI=1S/C10H13N3O2/c1-15-10-9(12-4-5-13-10)7-6-11-3-2-8(7)14/h4-5,7,11H,2-3,6H2,1H3. The maximum Gasteiger partial charge on any atom is 0.236 e. The molecule has 0 amide bonds. The van der Waals surface area contributed by atoms with Crippen LogP contribution in [0.1, 0.15) is 18.0 Å². The van der Waals surface area contributed by atoms with Gasteiger partial charge >= 0.3 is 0 Å². The minimum atomic E-state index is -0.220. The van der Waals surface area contributed by atoms with Gasteiger partial charge in [-0.25, -0.2) is 4.98 Å². The summed E-state index contributed by atoms with van der Waals surface area (Å²) in [6.45, 7) is 1.37. The molecule has 1 aromatic heterocycles. The minimum Gasteiger partial charge on any atom is -0.480 e. The fourth-order valence-electron chi connectivity index (χ4n) is 1.73. The van der Waals surface area contributed by atoms with Crippen molar-refractivity contribution in [2.45, 2.75) is 12.3 Å². The number of carbonyl (C=O) groups is 1. The predicted molar refractivity (Wildman–Crippen MR) is 53.8 cm³/mol. The summed E-state index contributed by atoms with van der Waals surface area (Å²) in [5.41, 5.74) is 0.636. The molecule has 5 heteroatoms. The summed E-state index contributed by atoms with van der Waals surface area (Å²) in [6, 6.07) is 0. The highest BCUT2D eigenvalue weighted by molar-refractivity contribution is 5.86. The molecule has 80 valence electrons. The van der Waals surface area contributed by atoms with Gasteiger partial charge in [-0.3, -0.25) is 9.78 Å². The summed E-state index contributed by atoms with van der Waals surface area (Å²) < 4.78 is 5.09. The van der Waals surface area contributed by atoms with Crippen molar-refractivity contribution in [3.8, 4) is 5.88 Å². The molecule has 1 unspecified atom stereocenters. The molecule has 1 aliphatic heterocycles. The highest BCUT2D eigenvalue weighted by atomic mass is 16.5. The Hall–Kier alpha value is -1.49. The molecule has 0 spiro atoms. The van der Waals surface area contributed by atoms with Crippen molar-refractivity contribution < 1.29 is 9.53 Å². The smallest absolute Gasteiger partial charge is 0.236 e. The number of Topliss-reactive ketones (excluding diaryl/α,β-unsaturated/α-hetero) is 1. The Kier molecular flexibility index (Phi) is 2.91. The summed E-state index contributed by atoms with van der Waals surface area (Å²) in [4.78, 5) is 19.9. The lowest BCUT2D eigenvalue weighted by Crippen LogP contribution is -2.36. The van der Waals surface area contributed by atoms with Crippen molar-refractivity contribution in [3.63, 3.8) is 0 Å². The number of ether oxygens (including phenoxy) is 1. The van der Waals surface area contributed by atoms with Crippen molar-refractivity contribution in [2.24, 2.45) is 0 Å². The first-order chi connectivity index (χ1) is 7.33. The molecule has 0 saturated carbocycles. The third-order valence-electron chi connectivity index (χ3n) is 2.50. The first-order valence-corrected chi connectivity index (χ1v) is 4.91. The Bertz CT molecular complexity index is 367. The third-order valence-corrected chi connectivity index (χ3v) is 2.50. The van der Waals surface area contributed by atoms with E-state index in [1.165, 1.54) is 7.11 Å². The summed E-state index contributed by atoms with van der Waals surface area (Å²) in [6.07, 6.45) is 3.69. The van der Waals surface area contributed by atoms with Crippen molar-refractivity contribution in [1.82, 2.24) is 15.3 Å². The van der Waals surface area contributed by atoms with Crippen LogP contribution in [0.2, 0.25) is 0 Å². The number of hydrogen-bond acceptors (Lipinski definition) is 5. The number of carbonyl (C=O) groups excluding carboxylic acids is 1. The van der Waals surface area contributed by atoms with E-state index in [0.717, 1.165) is 6.54 Å². The van der Waals surface area contributed by atoms with Gasteiger partial charge in [-0.2, -0.15) is 0 Å². The van der Waals surface area contributed by atoms with E-state index < -0.39 is 0 Å². The van der Waals surface area contributed by atoms with Crippen LogP contribution < -0.4 is 10.1 Å². The van der Waals surface area contributed by atoms with Gasteiger partial charge in [0.25, 0.3) is 0 Å². The molecule has 1 aliphatic rings. The van der Waals surface area contributed by atoms with E-state index in [1.54, 1.807) is 12.4 Å². The molecule has 1 N–H and O–H groups in total. The van der Waals surface area contributed by atoms with E-state index in [0.29, 0.717) is 24.5 Å². The fourth-order valence-corrected chi connectivity index (χ4v) is 1.73. The number of rotatable bonds is 2. The van der Waals surface area contributed by atoms with Crippen LogP contribution in [-0.4, -0.2) is 36.0 Å². The number of aromatic nitrogens is 2. The molecule has 0 aliphatic carbocycles. The monoisotopic (exact) mass is 207 g/mol. The van der Waals surface area contributed by atoms with Crippen molar-refractivity contribution >= 4 is 5.78 Å². The largest absolute Gasteiger partial charge is 0.480 e. The lowest BCUT2D eigenvalue weighted by atomic mass is 9.94. The third kappa shape index (κ3) is 1.97. The molecule has 15 heavy (non-hydrogen) atoms. The molecule has 5 nitrogen and oxygen atoms in total. The topological polar surface area (TPSA) is 64.1 Å². The predicted octanol–water partition coefficient (Wildman–Crippen LogP) is 0.131. The fraction of sp³-hybridized carbons (Fsp3) is 0.500. The first-order valence-electron chi connectivity index (χ1n) is 4.91. The summed E-state index contributed by atoms with van der Waals surface area (Å²) in [5, 5.41) is 3.17. The van der Waals surface area contributed by atoms with E-state index in [2.05, 4.69) is 15.3 Å². The van der Waals surface area contributed by atoms with Gasteiger partial charge in [0.05, 0.1) is 13.0 Å². The van der Waals surface area contributed by atoms with Gasteiger partial charge < -0.3 is 10.1 Å². The molecule has 1 saturated heterocycles. The van der Waals surface area contributed by atoms with Gasteiger partial charge in [-0.15, -0.1) is 0 Å². The molecule has 0 radical (unpaired) electrons. The van der Waals surface area contributed by atoms with Crippen LogP contribution >= 0.6 is 0 Å². The highest BCUT2D eigenvalue weighted by Gasteiger charge is 2.27. The number of ketones is 1. The van der Waals surface area contributed by atoms with Gasteiger partial charge in [-0.1, -0.05) is 0 Å². The van der Waals surface area contributed by atoms with E-state index in [-0.39, 0.29) is 11.7 Å². The van der Waals surface area contributed by atoms with Crippen LogP contribution in [0.3, 0.4) is 0 Å². The van der Waals surface area contributed by atoms with Gasteiger partial charge in [0, 0.05) is 31.9 Å². The Morgan fingerprint density at radius 2 is 2.27 bits per heavy atom. The average Bonchev–Trinajstić information content (AvgIpc) is 2.30. The van der Waals surface area contributed by atoms with E-state index in [4.69, 9.17) is 4.74 Å². The van der Waals surface area contributed by atoms with Crippen LogP contribution in [0.4, 0.5) is 0 Å². The highest BCUT2D eigenvalue weighted by Crippen LogP contribution is 2.24. The molecule has 2 heterocycles. The van der Waals surface area contributed by atoms with Crippen LogP contribution in [0.15, 0.2) is 12.4 Å². The number of piperidine rings is 1. The second-order valence-electron chi connectivity index (χ2n) is 3.42. The lowest BCUT2D eigenvalue weighted by molar-refractivity contribution is -0.121. The van der Waals surface area contributed by atoms with Crippen molar-refractivity contribution in [3.05, 3.63) is 18.1 Å². The van der Waals surface area contributed by atoms with Crippen LogP contribution in [0.5, 0.6) is 5.88 Å². The number of nitrogens with one attached hydrogen (secondary N) is 1. The van der Waals surface area contributed by atoms with Gasteiger partial charge in [0.15, 0.2) is 0 Å². The van der Waals surface area contributed by atoms with E-state index in [9.17, 15) is 4.79 Å². The summed E-state index contributed by atoms with van der Waals surface area (Å²) >= 11 is 0. The Labute approximate surface area is 87.9 Å². The Balaban J connectivity index is 2.30. The molecular weight excluding hydrogens is 194 g/mol. The first kappa shape index (κ1) is 10.0. The van der Waals surface area contributed by atoms with Crippen molar-refractivity contribution in [2.75, 3.05) is 20.2 Å². The number of nitrogens with zero attached hydrogens (tertiary/aromatic N) is 2. The zero-order chi connectivity index (χ0) is 10.7. The Morgan fingerprint density at radius 3 is 3.00 bits per heavy atom. The maximum absolute atomic E-state index is 11.7. The van der Waals surface area contributed by atoms with Gasteiger partial charge in [0.2, 0.25) is 5.88 Å². The second-order valence-corrected chi connectivity index (χ2v) is 3.42. The quantitative estimate of drug-likeness (QED) is 0.746. The molecule has 0 aromatic carbocycles. The van der Waals surface area contributed by atoms with Gasteiger partial charge in [0.1, 0.15) is 11.5 Å².